The predicted molar refractivity (Wildman–Crippen MR) is 437 cm³/mol. The van der Waals surface area contributed by atoms with Crippen molar-refractivity contribution in [3.8, 4) is 0 Å². The number of aliphatic hydroxyl groups excluding tert-OH is 1. The molecule has 0 heterocycles. The molecule has 0 saturated heterocycles. The fourth-order valence-corrected chi connectivity index (χ4v) is 14.2. The van der Waals surface area contributed by atoms with E-state index in [-0.39, 0.29) is 25.7 Å². The van der Waals surface area contributed by atoms with Gasteiger partial charge in [-0.15, -0.1) is 0 Å². The maximum Gasteiger partial charge on any atom is 0.472 e. The van der Waals surface area contributed by atoms with Crippen molar-refractivity contribution < 1.29 is 80.2 Å². The first-order valence-electron chi connectivity index (χ1n) is 43.9. The topological polar surface area (TPSA) is 237 Å². The van der Waals surface area contributed by atoms with E-state index in [4.69, 9.17) is 37.0 Å². The summed E-state index contributed by atoms with van der Waals surface area (Å²) in [5, 5.41) is 10.7. The Morgan fingerprint density at radius 2 is 0.472 bits per heavy atom. The molecular formula is C87H162O17P2. The largest absolute Gasteiger partial charge is 0.472 e. The summed E-state index contributed by atoms with van der Waals surface area (Å²) >= 11 is 0. The molecule has 0 amide bonds. The second kappa shape index (κ2) is 80.1. The standard InChI is InChI=1S/C87H162O17P2/c1-5-9-13-17-21-25-29-33-37-40-44-47-51-55-59-63-67-71-84(89)97-77-82(103-86(91)73-69-65-61-57-53-49-43-36-32-28-24-20-16-12-8-4)79-101-105(93,94)99-75-81(88)76-100-106(95,96)102-80-83(104-87(92)74-70-66-62-58-54-50-46-42-39-35-31-27-23-19-15-11-7-3)78-98-85(90)72-68-64-60-56-52-48-45-41-38-34-30-26-22-18-14-10-6-2/h23,27,35,39,46,50,58,62,81-83,88H,5-22,24-26,28-34,36-38,40-45,47-49,51-57,59-61,63-80H2,1-4H3,(H,93,94)(H,95,96)/b27-23-,39-35-,50-46-,62-58-/t81-,82+,83+/m0/s1. The molecule has 0 rings (SSSR count). The fourth-order valence-electron chi connectivity index (χ4n) is 12.6. The minimum Gasteiger partial charge on any atom is -0.462 e. The Labute approximate surface area is 648 Å². The second-order valence-corrected chi connectivity index (χ2v) is 32.8. The van der Waals surface area contributed by atoms with Gasteiger partial charge < -0.3 is 33.8 Å². The van der Waals surface area contributed by atoms with Crippen molar-refractivity contribution in [3.63, 3.8) is 0 Å². The summed E-state index contributed by atoms with van der Waals surface area (Å²) in [6, 6.07) is 0. The molecule has 2 unspecified atom stereocenters. The molecule has 0 radical (unpaired) electrons. The number of esters is 4. The van der Waals surface area contributed by atoms with Crippen LogP contribution in [0, 0.1) is 0 Å². The fraction of sp³-hybridized carbons (Fsp3) is 0.862. The molecule has 3 N–H and O–H groups in total. The van der Waals surface area contributed by atoms with Crippen LogP contribution in [0.1, 0.15) is 426 Å². The highest BCUT2D eigenvalue weighted by Gasteiger charge is 2.30. The molecule has 5 atom stereocenters. The van der Waals surface area contributed by atoms with E-state index < -0.39 is 97.5 Å². The van der Waals surface area contributed by atoms with Gasteiger partial charge in [0.15, 0.2) is 12.2 Å². The summed E-state index contributed by atoms with van der Waals surface area (Å²) in [5.74, 6) is -2.19. The van der Waals surface area contributed by atoms with Crippen LogP contribution in [0.3, 0.4) is 0 Å². The molecule has 19 heteroatoms. The smallest absolute Gasteiger partial charge is 0.462 e. The van der Waals surface area contributed by atoms with Crippen LogP contribution in [0.25, 0.3) is 0 Å². The van der Waals surface area contributed by atoms with Gasteiger partial charge in [0.1, 0.15) is 19.3 Å². The van der Waals surface area contributed by atoms with Gasteiger partial charge in [-0.3, -0.25) is 37.3 Å². The second-order valence-electron chi connectivity index (χ2n) is 29.9. The van der Waals surface area contributed by atoms with E-state index in [0.717, 1.165) is 89.9 Å². The van der Waals surface area contributed by atoms with E-state index in [0.29, 0.717) is 32.1 Å². The van der Waals surface area contributed by atoms with Gasteiger partial charge in [-0.1, -0.05) is 385 Å². The van der Waals surface area contributed by atoms with Crippen molar-refractivity contribution >= 4 is 39.5 Å². The van der Waals surface area contributed by atoms with E-state index in [1.54, 1.807) is 0 Å². The van der Waals surface area contributed by atoms with Crippen molar-refractivity contribution in [1.82, 2.24) is 0 Å². The van der Waals surface area contributed by atoms with Crippen molar-refractivity contribution in [2.24, 2.45) is 0 Å². The van der Waals surface area contributed by atoms with Crippen molar-refractivity contribution in [1.29, 1.82) is 0 Å². The van der Waals surface area contributed by atoms with Crippen LogP contribution in [0.4, 0.5) is 0 Å². The first-order valence-corrected chi connectivity index (χ1v) is 46.9. The Balaban J connectivity index is 5.35. The van der Waals surface area contributed by atoms with Crippen LogP contribution in [0.5, 0.6) is 0 Å². The molecule has 0 aromatic heterocycles. The molecule has 0 spiro atoms. The third kappa shape index (κ3) is 79.1. The van der Waals surface area contributed by atoms with Gasteiger partial charge in [0.05, 0.1) is 26.4 Å². The van der Waals surface area contributed by atoms with E-state index >= 15 is 0 Å². The Morgan fingerprint density at radius 3 is 0.745 bits per heavy atom. The monoisotopic (exact) mass is 1540 g/mol. The molecule has 0 saturated carbocycles. The van der Waals surface area contributed by atoms with Crippen LogP contribution in [0.15, 0.2) is 48.6 Å². The van der Waals surface area contributed by atoms with Crippen LogP contribution in [-0.4, -0.2) is 96.7 Å². The maximum absolute atomic E-state index is 13.1. The number of unbranched alkanes of at least 4 members (excludes halogenated alkanes) is 50. The molecule has 0 aliphatic carbocycles. The minimum atomic E-state index is -4.99. The van der Waals surface area contributed by atoms with E-state index in [1.807, 2.05) is 12.2 Å². The molecule has 0 bridgehead atoms. The van der Waals surface area contributed by atoms with Gasteiger partial charge in [0, 0.05) is 25.7 Å². The number of allylic oxidation sites excluding steroid dienone is 8. The van der Waals surface area contributed by atoms with E-state index in [9.17, 15) is 43.2 Å². The highest BCUT2D eigenvalue weighted by Crippen LogP contribution is 2.45. The lowest BCUT2D eigenvalue weighted by Crippen LogP contribution is -2.30. The number of phosphoric ester groups is 2. The number of carbonyl (C=O) groups is 4. The molecule has 0 fully saturated rings. The van der Waals surface area contributed by atoms with Crippen LogP contribution >= 0.6 is 15.6 Å². The first kappa shape index (κ1) is 103. The number of phosphoric acid groups is 2. The molecule has 0 aromatic rings. The molecule has 0 aliphatic heterocycles. The van der Waals surface area contributed by atoms with Crippen LogP contribution in [-0.2, 0) is 65.4 Å². The molecule has 0 aliphatic rings. The number of hydrogen-bond acceptors (Lipinski definition) is 15. The minimum absolute atomic E-state index is 0.0259. The van der Waals surface area contributed by atoms with Gasteiger partial charge >= 0.3 is 39.5 Å². The highest BCUT2D eigenvalue weighted by molar-refractivity contribution is 7.47. The van der Waals surface area contributed by atoms with E-state index in [2.05, 4.69) is 64.2 Å². The van der Waals surface area contributed by atoms with Gasteiger partial charge in [0.25, 0.3) is 0 Å². The van der Waals surface area contributed by atoms with Crippen LogP contribution in [0.2, 0.25) is 0 Å². The first-order chi connectivity index (χ1) is 51.7. The third-order valence-electron chi connectivity index (χ3n) is 19.3. The number of rotatable bonds is 84. The summed E-state index contributed by atoms with van der Waals surface area (Å²) in [6.45, 7) is 4.93. The van der Waals surface area contributed by atoms with Crippen molar-refractivity contribution in [2.45, 2.75) is 444 Å². The SMILES string of the molecule is CCCCC/C=C\C/C=C\C/C=C\C/C=C\CCCC(=O)O[C@H](COC(=O)CCCCCCCCCCCCCCCCCCC)COP(=O)(O)OC[C@@H](O)COP(=O)(O)OC[C@@H](COC(=O)CCCCCCCCCCCCCCCCCCC)OC(=O)CCCCCCCCCCCCCCCCC. The normalized spacial score (nSPS) is 14.0. The van der Waals surface area contributed by atoms with Crippen LogP contribution < -0.4 is 0 Å². The lowest BCUT2D eigenvalue weighted by atomic mass is 10.0. The Bertz CT molecular complexity index is 2190. The average Bonchev–Trinajstić information content (AvgIpc) is 0.902. The molecule has 17 nitrogen and oxygen atoms in total. The molecule has 622 valence electrons. The Kier molecular flexibility index (Phi) is 77.8. The summed E-state index contributed by atoms with van der Waals surface area (Å²) in [6.07, 6.45) is 80.8. The highest BCUT2D eigenvalue weighted by atomic mass is 31.2. The summed E-state index contributed by atoms with van der Waals surface area (Å²) in [5.41, 5.74) is 0. The summed E-state index contributed by atoms with van der Waals surface area (Å²) < 4.78 is 68.8. The lowest BCUT2D eigenvalue weighted by molar-refractivity contribution is -0.161. The van der Waals surface area contributed by atoms with Crippen molar-refractivity contribution in [3.05, 3.63) is 48.6 Å². The zero-order valence-electron chi connectivity index (χ0n) is 68.4. The van der Waals surface area contributed by atoms with E-state index in [1.165, 1.54) is 250 Å². The Hall–Kier alpha value is -2.98. The average molecular weight is 1540 g/mol. The molecule has 106 heavy (non-hydrogen) atoms. The van der Waals surface area contributed by atoms with Gasteiger partial charge in [0.2, 0.25) is 0 Å². The summed E-state index contributed by atoms with van der Waals surface area (Å²) in [7, 11) is -9.96. The number of hydrogen-bond donors (Lipinski definition) is 3. The maximum atomic E-state index is 13.1. The number of ether oxygens (including phenoxy) is 4. The lowest BCUT2D eigenvalue weighted by Gasteiger charge is -2.21. The molecule has 0 aromatic carbocycles. The summed E-state index contributed by atoms with van der Waals surface area (Å²) in [4.78, 5) is 73.2. The third-order valence-corrected chi connectivity index (χ3v) is 21.2. The van der Waals surface area contributed by atoms with Gasteiger partial charge in [-0.05, 0) is 64.2 Å². The quantitative estimate of drug-likeness (QED) is 0.0169. The zero-order valence-corrected chi connectivity index (χ0v) is 70.2. The zero-order chi connectivity index (χ0) is 77.4. The predicted octanol–water partition coefficient (Wildman–Crippen LogP) is 26.0. The van der Waals surface area contributed by atoms with Gasteiger partial charge in [-0.25, -0.2) is 9.13 Å². The molecular weight excluding hydrogens is 1380 g/mol. The number of aliphatic hydroxyl groups is 1. The Morgan fingerprint density at radius 1 is 0.264 bits per heavy atom. The van der Waals surface area contributed by atoms with Gasteiger partial charge in [-0.2, -0.15) is 0 Å². The van der Waals surface area contributed by atoms with Crippen molar-refractivity contribution in [2.75, 3.05) is 39.6 Å². The number of carbonyl (C=O) groups excluding carboxylic acids is 4.